The zero-order chi connectivity index (χ0) is 32.4. The minimum Gasteiger partial charge on any atom is -0.495 e. The monoisotopic (exact) mass is 617 g/mol. The second kappa shape index (κ2) is 13.4. The molecule has 1 N–H and O–H groups in total. The molecule has 1 aliphatic carbocycles. The van der Waals surface area contributed by atoms with Gasteiger partial charge in [-0.2, -0.15) is 5.26 Å². The third-order valence-corrected chi connectivity index (χ3v) is 9.00. The van der Waals surface area contributed by atoms with Gasteiger partial charge in [-0.25, -0.2) is 4.98 Å². The van der Waals surface area contributed by atoms with Crippen molar-refractivity contribution in [2.24, 2.45) is 16.8 Å². The Bertz CT molecular complexity index is 1780. The molecule has 46 heavy (non-hydrogen) atoms. The molecule has 1 saturated heterocycles. The molecule has 0 spiro atoms. The number of rotatable bonds is 8. The average Bonchev–Trinajstić information content (AvgIpc) is 3.71. The summed E-state index contributed by atoms with van der Waals surface area (Å²) < 4.78 is 12.3. The lowest BCUT2D eigenvalue weighted by molar-refractivity contribution is 0.0947. The molecule has 8 nitrogen and oxygen atoms in total. The number of benzene rings is 2. The van der Waals surface area contributed by atoms with Gasteiger partial charge in [-0.15, -0.1) is 0 Å². The highest BCUT2D eigenvalue weighted by atomic mass is 16.5. The van der Waals surface area contributed by atoms with Crippen LogP contribution in [0.4, 0.5) is 0 Å². The van der Waals surface area contributed by atoms with Crippen molar-refractivity contribution in [2.45, 2.75) is 65.9 Å². The van der Waals surface area contributed by atoms with Crippen LogP contribution < -0.4 is 5.32 Å². The SMILES string of the molecule is CC1=CC(C2C=CC(N3CC[C@@H](CNC(=O)c4ccc(-c5nc6cc(C#N)cc(C(C)C)c6o5)cc4)C3)=NC2)=C(OC(C)C)CC1. The summed E-state index contributed by atoms with van der Waals surface area (Å²) in [6, 6.07) is 13.1. The molecule has 2 aliphatic heterocycles. The van der Waals surface area contributed by atoms with E-state index < -0.39 is 0 Å². The van der Waals surface area contributed by atoms with Crippen molar-refractivity contribution in [3.8, 4) is 17.5 Å². The maximum atomic E-state index is 13.0. The molecule has 0 bridgehead atoms. The number of nitriles is 1. The number of nitrogens with zero attached hydrogens (tertiary/aromatic N) is 4. The largest absolute Gasteiger partial charge is 0.495 e. The highest BCUT2D eigenvalue weighted by Crippen LogP contribution is 2.33. The number of carbonyl (C=O) groups is 1. The van der Waals surface area contributed by atoms with Gasteiger partial charge in [-0.1, -0.05) is 31.6 Å². The minimum absolute atomic E-state index is 0.0930. The van der Waals surface area contributed by atoms with Crippen molar-refractivity contribution in [1.29, 1.82) is 5.26 Å². The number of oxazole rings is 1. The van der Waals surface area contributed by atoms with E-state index in [-0.39, 0.29) is 23.8 Å². The van der Waals surface area contributed by atoms with Crippen LogP contribution in [0.3, 0.4) is 0 Å². The molecule has 8 heteroatoms. The van der Waals surface area contributed by atoms with E-state index in [0.717, 1.165) is 61.6 Å². The number of ether oxygens (including phenoxy) is 1. The lowest BCUT2D eigenvalue weighted by Gasteiger charge is -2.28. The van der Waals surface area contributed by atoms with E-state index in [2.05, 4.69) is 74.1 Å². The van der Waals surface area contributed by atoms with Crippen LogP contribution in [0.1, 0.15) is 81.3 Å². The summed E-state index contributed by atoms with van der Waals surface area (Å²) in [5.41, 5.74) is 6.94. The number of carbonyl (C=O) groups excluding carboxylic acids is 1. The van der Waals surface area contributed by atoms with Crippen molar-refractivity contribution >= 4 is 22.8 Å². The Morgan fingerprint density at radius 2 is 1.98 bits per heavy atom. The number of aromatic nitrogens is 1. The third-order valence-electron chi connectivity index (χ3n) is 9.00. The number of likely N-dealkylation sites (tertiary alicyclic amines) is 1. The fraction of sp³-hybridized carbons (Fsp3) is 0.421. The van der Waals surface area contributed by atoms with Crippen molar-refractivity contribution in [2.75, 3.05) is 26.2 Å². The fourth-order valence-corrected chi connectivity index (χ4v) is 6.50. The predicted molar refractivity (Wildman–Crippen MR) is 181 cm³/mol. The molecule has 0 saturated carbocycles. The molecule has 3 heterocycles. The molecule has 1 fully saturated rings. The van der Waals surface area contributed by atoms with E-state index in [4.69, 9.17) is 14.1 Å². The number of fused-ring (bicyclic) bond motifs is 1. The molecule has 1 amide bonds. The summed E-state index contributed by atoms with van der Waals surface area (Å²) in [4.78, 5) is 25.0. The van der Waals surface area contributed by atoms with Gasteiger partial charge in [0.1, 0.15) is 17.1 Å². The molecule has 0 radical (unpaired) electrons. The molecular weight excluding hydrogens is 574 g/mol. The summed E-state index contributed by atoms with van der Waals surface area (Å²) in [6.45, 7) is 13.7. The topological polar surface area (TPSA) is 104 Å². The molecule has 2 atom stereocenters. The predicted octanol–water partition coefficient (Wildman–Crippen LogP) is 7.55. The van der Waals surface area contributed by atoms with Gasteiger partial charge < -0.3 is 19.4 Å². The maximum Gasteiger partial charge on any atom is 0.251 e. The number of amides is 1. The van der Waals surface area contributed by atoms with Crippen LogP contribution in [0.15, 0.2) is 80.9 Å². The minimum atomic E-state index is -0.0930. The molecule has 238 valence electrons. The fourth-order valence-electron chi connectivity index (χ4n) is 6.50. The summed E-state index contributed by atoms with van der Waals surface area (Å²) in [7, 11) is 0. The van der Waals surface area contributed by atoms with Gasteiger partial charge in [0, 0.05) is 48.7 Å². The van der Waals surface area contributed by atoms with E-state index in [1.54, 1.807) is 18.2 Å². The summed E-state index contributed by atoms with van der Waals surface area (Å²) >= 11 is 0. The highest BCUT2D eigenvalue weighted by molar-refractivity contribution is 5.95. The Morgan fingerprint density at radius 3 is 2.67 bits per heavy atom. The molecule has 1 aromatic heterocycles. The van der Waals surface area contributed by atoms with Crippen LogP contribution in [0.5, 0.6) is 0 Å². The molecule has 3 aromatic rings. The van der Waals surface area contributed by atoms with Crippen LogP contribution in [0, 0.1) is 23.2 Å². The standard InChI is InChI=1S/C38H43N5O3/c1-23(2)31-17-27(19-39)18-33-36(31)46-38(42-33)29-9-7-28(8-10-29)37(44)41-20-26-14-15-43(22-26)35-13-11-30(21-40-35)32-16-25(5)6-12-34(32)45-24(3)4/h7-11,13,16-18,23-24,26,30H,6,12,14-15,20-22H2,1-5H3,(H,41,44)/t26-,30?/m0/s1. The smallest absolute Gasteiger partial charge is 0.251 e. The first-order chi connectivity index (χ1) is 22.2. The number of amidine groups is 1. The molecule has 6 rings (SSSR count). The summed E-state index contributed by atoms with van der Waals surface area (Å²) in [5.74, 6) is 3.33. The quantitative estimate of drug-likeness (QED) is 0.280. The van der Waals surface area contributed by atoms with Crippen molar-refractivity contribution < 1.29 is 13.9 Å². The third kappa shape index (κ3) is 6.79. The van der Waals surface area contributed by atoms with E-state index in [1.165, 1.54) is 11.1 Å². The van der Waals surface area contributed by atoms with Gasteiger partial charge in [-0.05, 0) is 93.5 Å². The average molecular weight is 618 g/mol. The Labute approximate surface area is 271 Å². The number of dihydropyridines is 1. The van der Waals surface area contributed by atoms with Crippen LogP contribution >= 0.6 is 0 Å². The Kier molecular flexibility index (Phi) is 9.12. The van der Waals surface area contributed by atoms with E-state index in [0.29, 0.717) is 40.6 Å². The highest BCUT2D eigenvalue weighted by Gasteiger charge is 2.28. The first-order valence-electron chi connectivity index (χ1n) is 16.5. The zero-order valence-electron chi connectivity index (χ0n) is 27.5. The summed E-state index contributed by atoms with van der Waals surface area (Å²) in [6.07, 6.45) is 9.94. The lowest BCUT2D eigenvalue weighted by atomic mass is 9.88. The van der Waals surface area contributed by atoms with Crippen molar-refractivity contribution in [3.63, 3.8) is 0 Å². The number of hydrogen-bond donors (Lipinski definition) is 1. The molecule has 2 aromatic carbocycles. The van der Waals surface area contributed by atoms with Gasteiger partial charge >= 0.3 is 0 Å². The number of hydrogen-bond acceptors (Lipinski definition) is 7. The number of allylic oxidation sites excluding steroid dienone is 3. The van der Waals surface area contributed by atoms with Crippen molar-refractivity contribution in [1.82, 2.24) is 15.2 Å². The summed E-state index contributed by atoms with van der Waals surface area (Å²) in [5, 5.41) is 12.5. The van der Waals surface area contributed by atoms with Crippen LogP contribution in [0.2, 0.25) is 0 Å². The van der Waals surface area contributed by atoms with Gasteiger partial charge in [-0.3, -0.25) is 9.79 Å². The van der Waals surface area contributed by atoms with E-state index in [1.807, 2.05) is 18.2 Å². The first-order valence-corrected chi connectivity index (χ1v) is 16.5. The number of nitrogens with one attached hydrogen (secondary N) is 1. The Hall–Kier alpha value is -4.64. The second-order valence-corrected chi connectivity index (χ2v) is 13.3. The van der Waals surface area contributed by atoms with Crippen LogP contribution in [-0.4, -0.2) is 53.9 Å². The second-order valence-electron chi connectivity index (χ2n) is 13.3. The molecule has 3 aliphatic rings. The Morgan fingerprint density at radius 1 is 1.17 bits per heavy atom. The molecular formula is C38H43N5O3. The first kappa shape index (κ1) is 31.3. The Balaban J connectivity index is 1.03. The van der Waals surface area contributed by atoms with E-state index >= 15 is 0 Å². The van der Waals surface area contributed by atoms with E-state index in [9.17, 15) is 10.1 Å². The molecule has 1 unspecified atom stereocenters. The number of aliphatic imine (C=N–C) groups is 1. The normalized spacial score (nSPS) is 19.9. The maximum absolute atomic E-state index is 13.0. The van der Waals surface area contributed by atoms with Gasteiger partial charge in [0.15, 0.2) is 5.58 Å². The van der Waals surface area contributed by atoms with Gasteiger partial charge in [0.2, 0.25) is 5.89 Å². The van der Waals surface area contributed by atoms with Gasteiger partial charge in [0.25, 0.3) is 5.91 Å². The zero-order valence-corrected chi connectivity index (χ0v) is 27.5. The van der Waals surface area contributed by atoms with Crippen LogP contribution in [-0.2, 0) is 4.74 Å². The van der Waals surface area contributed by atoms with Gasteiger partial charge in [0.05, 0.1) is 24.3 Å². The lowest BCUT2D eigenvalue weighted by Crippen LogP contribution is -2.33. The van der Waals surface area contributed by atoms with Crippen LogP contribution in [0.25, 0.3) is 22.6 Å². The van der Waals surface area contributed by atoms with Crippen molar-refractivity contribution in [3.05, 3.63) is 88.2 Å².